The minimum Gasteiger partial charge on any atom is -0.446 e. The number of benzene rings is 1. The number of hydrogen-bond donors (Lipinski definition) is 2. The monoisotopic (exact) mass is 539 g/mol. The van der Waals surface area contributed by atoms with E-state index in [1.54, 1.807) is 12.1 Å². The van der Waals surface area contributed by atoms with Gasteiger partial charge in [0.05, 0.1) is 11.1 Å². The Kier molecular flexibility index (Phi) is 7.65. The minimum atomic E-state index is -0.988. The zero-order valence-electron chi connectivity index (χ0n) is 21.7. The number of nitrogens with zero attached hydrogens (tertiary/aromatic N) is 3. The van der Waals surface area contributed by atoms with Crippen molar-refractivity contribution in [3.63, 3.8) is 0 Å². The van der Waals surface area contributed by atoms with Gasteiger partial charge in [-0.1, -0.05) is 12.1 Å². The van der Waals surface area contributed by atoms with Gasteiger partial charge in [-0.05, 0) is 49.9 Å². The molecule has 39 heavy (non-hydrogen) atoms. The van der Waals surface area contributed by atoms with Crippen molar-refractivity contribution >= 4 is 35.6 Å². The van der Waals surface area contributed by atoms with Crippen LogP contribution in [0.1, 0.15) is 71.2 Å². The summed E-state index contributed by atoms with van der Waals surface area (Å²) in [5, 5.41) is 2.22. The molecule has 0 bridgehead atoms. The Labute approximate surface area is 225 Å². The summed E-state index contributed by atoms with van der Waals surface area (Å²) >= 11 is 0. The second-order valence-electron chi connectivity index (χ2n) is 10.7. The minimum absolute atomic E-state index is 0.0795. The molecule has 12 heteroatoms. The number of piperidine rings is 3. The molecule has 1 aromatic rings. The first-order valence-corrected chi connectivity index (χ1v) is 13.5. The van der Waals surface area contributed by atoms with Crippen LogP contribution in [0.4, 0.5) is 4.79 Å². The number of rotatable bonds is 6. The average Bonchev–Trinajstić information content (AvgIpc) is 3.16. The first kappa shape index (κ1) is 26.8. The molecule has 3 N–H and O–H groups in total. The lowest BCUT2D eigenvalue weighted by Crippen LogP contribution is -2.54. The second-order valence-corrected chi connectivity index (χ2v) is 10.7. The third-order valence-corrected chi connectivity index (χ3v) is 8.20. The molecule has 6 amide bonds. The Morgan fingerprint density at radius 1 is 0.949 bits per heavy atom. The van der Waals surface area contributed by atoms with E-state index in [0.29, 0.717) is 44.5 Å². The summed E-state index contributed by atoms with van der Waals surface area (Å²) in [6.07, 6.45) is 2.54. The summed E-state index contributed by atoms with van der Waals surface area (Å²) in [5.41, 5.74) is 6.43. The first-order chi connectivity index (χ1) is 18.7. The van der Waals surface area contributed by atoms with Crippen molar-refractivity contribution in [1.82, 2.24) is 20.0 Å². The van der Waals surface area contributed by atoms with Gasteiger partial charge in [-0.25, -0.2) is 4.79 Å². The molecule has 5 rings (SSSR count). The van der Waals surface area contributed by atoms with Crippen molar-refractivity contribution in [2.24, 2.45) is 11.7 Å². The van der Waals surface area contributed by atoms with Crippen molar-refractivity contribution in [2.75, 3.05) is 26.2 Å². The van der Waals surface area contributed by atoms with E-state index >= 15 is 0 Å². The molecule has 0 aliphatic carbocycles. The predicted octanol–water partition coefficient (Wildman–Crippen LogP) is 0.776. The van der Waals surface area contributed by atoms with E-state index in [1.807, 2.05) is 11.0 Å². The predicted molar refractivity (Wildman–Crippen MR) is 136 cm³/mol. The van der Waals surface area contributed by atoms with Gasteiger partial charge in [0.25, 0.3) is 11.8 Å². The molecular weight excluding hydrogens is 506 g/mol. The number of carbonyl (C=O) groups excluding carboxylic acids is 6. The Bertz CT molecular complexity index is 1200. The van der Waals surface area contributed by atoms with Crippen LogP contribution in [-0.4, -0.2) is 88.7 Å². The van der Waals surface area contributed by atoms with Gasteiger partial charge in [0.15, 0.2) is 0 Å². The number of nitrogens with two attached hydrogens (primary N) is 1. The van der Waals surface area contributed by atoms with Gasteiger partial charge < -0.3 is 15.4 Å². The number of ether oxygens (including phenoxy) is 1. The molecule has 0 saturated carbocycles. The van der Waals surface area contributed by atoms with Crippen LogP contribution in [0.3, 0.4) is 0 Å². The summed E-state index contributed by atoms with van der Waals surface area (Å²) in [4.78, 5) is 79.1. The zero-order valence-corrected chi connectivity index (χ0v) is 21.7. The molecule has 1 unspecified atom stereocenters. The molecule has 1 aromatic carbocycles. The highest BCUT2D eigenvalue weighted by Gasteiger charge is 2.45. The van der Waals surface area contributed by atoms with E-state index in [1.165, 1.54) is 0 Å². The van der Waals surface area contributed by atoms with Crippen LogP contribution >= 0.6 is 0 Å². The highest BCUT2D eigenvalue weighted by Crippen LogP contribution is 2.31. The van der Waals surface area contributed by atoms with Crippen molar-refractivity contribution in [2.45, 2.75) is 63.6 Å². The smallest absolute Gasteiger partial charge is 0.404 e. The third kappa shape index (κ3) is 5.65. The lowest BCUT2D eigenvalue weighted by Gasteiger charge is -2.35. The fourth-order valence-corrected chi connectivity index (χ4v) is 6.07. The van der Waals surface area contributed by atoms with Gasteiger partial charge in [-0.3, -0.25) is 39.1 Å². The molecule has 1 atom stereocenters. The third-order valence-electron chi connectivity index (χ3n) is 8.20. The van der Waals surface area contributed by atoms with E-state index in [0.717, 1.165) is 36.4 Å². The fraction of sp³-hybridized carbons (Fsp3) is 0.556. The van der Waals surface area contributed by atoms with Crippen molar-refractivity contribution in [3.05, 3.63) is 34.9 Å². The lowest BCUT2D eigenvalue weighted by atomic mass is 9.92. The summed E-state index contributed by atoms with van der Waals surface area (Å²) in [5.74, 6) is -1.65. The fourth-order valence-electron chi connectivity index (χ4n) is 6.07. The number of imide groups is 2. The largest absolute Gasteiger partial charge is 0.446 e. The maximum absolute atomic E-state index is 13.3. The van der Waals surface area contributed by atoms with Gasteiger partial charge in [-0.15, -0.1) is 0 Å². The summed E-state index contributed by atoms with van der Waals surface area (Å²) in [6, 6.07) is 4.19. The molecule has 0 aromatic heterocycles. The second kappa shape index (κ2) is 11.1. The van der Waals surface area contributed by atoms with Crippen LogP contribution in [0.15, 0.2) is 18.2 Å². The van der Waals surface area contributed by atoms with E-state index < -0.39 is 35.8 Å². The van der Waals surface area contributed by atoms with Crippen molar-refractivity contribution < 1.29 is 33.5 Å². The van der Waals surface area contributed by atoms with Gasteiger partial charge in [0, 0.05) is 45.3 Å². The Morgan fingerprint density at radius 3 is 2.33 bits per heavy atom. The molecule has 208 valence electrons. The molecule has 0 radical (unpaired) electrons. The number of hydrogen-bond acceptors (Lipinski definition) is 8. The molecule has 4 aliphatic rings. The molecular formula is C27H33N5O7. The summed E-state index contributed by atoms with van der Waals surface area (Å²) in [7, 11) is 0. The van der Waals surface area contributed by atoms with Crippen LogP contribution in [-0.2, 0) is 25.7 Å². The van der Waals surface area contributed by atoms with Crippen LogP contribution in [0.25, 0.3) is 0 Å². The molecule has 4 heterocycles. The van der Waals surface area contributed by atoms with Crippen molar-refractivity contribution in [3.8, 4) is 0 Å². The normalized spacial score (nSPS) is 23.1. The van der Waals surface area contributed by atoms with Gasteiger partial charge in [0.2, 0.25) is 17.7 Å². The average molecular weight is 540 g/mol. The molecule has 3 fully saturated rings. The van der Waals surface area contributed by atoms with Crippen molar-refractivity contribution in [1.29, 1.82) is 0 Å². The number of amides is 6. The quantitative estimate of drug-likeness (QED) is 0.502. The number of nitrogens with one attached hydrogen (secondary N) is 1. The maximum atomic E-state index is 13.3. The number of primary amides is 1. The van der Waals surface area contributed by atoms with E-state index in [-0.39, 0.29) is 36.3 Å². The van der Waals surface area contributed by atoms with Gasteiger partial charge in [-0.2, -0.15) is 0 Å². The van der Waals surface area contributed by atoms with Crippen LogP contribution in [0.2, 0.25) is 0 Å². The standard InChI is InChI=1S/C27H33N5O7/c28-27(38)39-18-8-12-31(13-9-18)22(34)14-16-6-10-30(11-7-16)15-17-2-1-3-19-23(17)26(37)32(25(19)36)20-4-5-21(33)29-24(20)35/h1-3,16,18,20H,4-15H2,(H2,28,38)(H,29,33,35). The molecule has 12 nitrogen and oxygen atoms in total. The van der Waals surface area contributed by atoms with Crippen LogP contribution in [0.5, 0.6) is 0 Å². The summed E-state index contributed by atoms with van der Waals surface area (Å²) < 4.78 is 5.04. The first-order valence-electron chi connectivity index (χ1n) is 13.5. The number of carbonyl (C=O) groups is 6. The van der Waals surface area contributed by atoms with E-state index in [9.17, 15) is 28.8 Å². The zero-order chi connectivity index (χ0) is 27.7. The highest BCUT2D eigenvalue weighted by atomic mass is 16.6. The lowest BCUT2D eigenvalue weighted by molar-refractivity contribution is -0.136. The maximum Gasteiger partial charge on any atom is 0.404 e. The van der Waals surface area contributed by atoms with Gasteiger partial charge in [0.1, 0.15) is 12.1 Å². The van der Waals surface area contributed by atoms with E-state index in [2.05, 4.69) is 10.2 Å². The summed E-state index contributed by atoms with van der Waals surface area (Å²) in [6.45, 7) is 3.11. The Morgan fingerprint density at radius 2 is 1.67 bits per heavy atom. The number of likely N-dealkylation sites (tertiary alicyclic amines) is 2. The highest BCUT2D eigenvalue weighted by molar-refractivity contribution is 6.24. The Balaban J connectivity index is 1.15. The SMILES string of the molecule is NC(=O)OC1CCN(C(=O)CC2CCN(Cc3cccc4c3C(=O)N(C3CCC(=O)NC3=O)C4=O)CC2)CC1. The molecule has 0 spiro atoms. The molecule has 4 aliphatic heterocycles. The topological polar surface area (TPSA) is 159 Å². The molecule has 3 saturated heterocycles. The van der Waals surface area contributed by atoms with Crippen LogP contribution < -0.4 is 11.1 Å². The van der Waals surface area contributed by atoms with Crippen LogP contribution in [0, 0.1) is 5.92 Å². The Hall–Kier alpha value is -3.80. The number of fused-ring (bicyclic) bond motifs is 1. The van der Waals surface area contributed by atoms with E-state index in [4.69, 9.17) is 10.5 Å². The van der Waals surface area contributed by atoms with Gasteiger partial charge >= 0.3 is 6.09 Å².